The Bertz CT molecular complexity index is 174. The number of aliphatic hydroxyl groups is 1. The minimum atomic E-state index is -0.577. The van der Waals surface area contributed by atoms with Crippen molar-refractivity contribution >= 4 is 40.0 Å². The Kier molecular flexibility index (Phi) is 10.0. The van der Waals surface area contributed by atoms with E-state index in [4.69, 9.17) is 9.47 Å². The van der Waals surface area contributed by atoms with Crippen molar-refractivity contribution in [3.8, 4) is 0 Å². The Balaban J connectivity index is 0.000000583. The second-order valence-corrected chi connectivity index (χ2v) is 15.3. The zero-order valence-electron chi connectivity index (χ0n) is 9.04. The van der Waals surface area contributed by atoms with Gasteiger partial charge < -0.3 is 19.9 Å². The van der Waals surface area contributed by atoms with Gasteiger partial charge in [0.25, 0.3) is 0 Å². The molecule has 91 valence electrons. The van der Waals surface area contributed by atoms with Gasteiger partial charge in [-0.1, -0.05) is 0 Å². The predicted molar refractivity (Wildman–Crippen MR) is 72.9 cm³/mol. The molecule has 1 fully saturated rings. The molecule has 0 aromatic rings. The van der Waals surface area contributed by atoms with Crippen molar-refractivity contribution in [2.24, 2.45) is 0 Å². The van der Waals surface area contributed by atoms with Gasteiger partial charge >= 0.3 is 49.4 Å². The van der Waals surface area contributed by atoms with Crippen LogP contribution in [-0.2, 0) is 18.9 Å². The molecule has 0 saturated carbocycles. The summed E-state index contributed by atoms with van der Waals surface area (Å²) in [5.74, 6) is -0.577. The van der Waals surface area contributed by atoms with Crippen LogP contribution in [0, 0.1) is 0 Å². The third kappa shape index (κ3) is 7.74. The van der Waals surface area contributed by atoms with E-state index in [1.54, 1.807) is 7.05 Å². The molecule has 1 rings (SSSR count). The summed E-state index contributed by atoms with van der Waals surface area (Å²) in [6, 6.07) is -0.0354. The van der Waals surface area contributed by atoms with Crippen LogP contribution in [0.15, 0.2) is 0 Å². The molecule has 1 heterocycles. The van der Waals surface area contributed by atoms with E-state index in [2.05, 4.69) is 45.3 Å². The van der Waals surface area contributed by atoms with Gasteiger partial charge in [-0.05, 0) is 20.9 Å². The van der Waals surface area contributed by atoms with Crippen LogP contribution in [0.5, 0.6) is 0 Å². The molecule has 15 heavy (non-hydrogen) atoms. The molecule has 1 aliphatic heterocycles. The molecular weight excluding hydrogens is 463 g/mol. The molecule has 0 amide bonds. The van der Waals surface area contributed by atoms with E-state index in [9.17, 15) is 5.11 Å². The van der Waals surface area contributed by atoms with Crippen molar-refractivity contribution in [3.05, 3.63) is 0 Å². The van der Waals surface area contributed by atoms with Crippen LogP contribution in [-0.4, -0.2) is 43.3 Å². The maximum atomic E-state index is 9.51. The second-order valence-electron chi connectivity index (χ2n) is 3.55. The molecule has 1 aliphatic rings. The zero-order chi connectivity index (χ0) is 11.9. The van der Waals surface area contributed by atoms with Crippen LogP contribution in [0.25, 0.3) is 0 Å². The van der Waals surface area contributed by atoms with Crippen molar-refractivity contribution in [2.45, 2.75) is 31.8 Å². The Morgan fingerprint density at radius 3 is 2.27 bits per heavy atom. The summed E-state index contributed by atoms with van der Waals surface area (Å²) in [6.45, 7) is 4.48. The summed E-state index contributed by atoms with van der Waals surface area (Å²) in [5, 5.41) is 12.5. The van der Waals surface area contributed by atoms with Gasteiger partial charge in [0.2, 0.25) is 0 Å². The fraction of sp³-hybridized carbons (Fsp3) is 1.00. The van der Waals surface area contributed by atoms with Crippen LogP contribution < -0.4 is 5.32 Å². The van der Waals surface area contributed by atoms with Gasteiger partial charge in [-0.3, -0.25) is 0 Å². The number of hydrogen-bond donors (Lipinski definition) is 2. The average Bonchev–Trinajstić information content (AvgIpc) is 2.28. The monoisotopic (exact) mass is 480 g/mol. The molecule has 0 aromatic carbocycles. The number of aliphatic hydroxyl groups excluding tert-OH is 1. The van der Waals surface area contributed by atoms with Gasteiger partial charge in [-0.25, -0.2) is 0 Å². The molecular formula is C8H17I2NO3V. The molecule has 2 atom stereocenters. The van der Waals surface area contributed by atoms with E-state index in [-0.39, 0.29) is 6.04 Å². The third-order valence-corrected chi connectivity index (χ3v) is 2.05. The molecule has 7 heteroatoms. The molecule has 0 bridgehead atoms. The van der Waals surface area contributed by atoms with E-state index in [0.717, 1.165) is 0 Å². The Morgan fingerprint density at radius 1 is 1.33 bits per heavy atom. The van der Waals surface area contributed by atoms with E-state index >= 15 is 0 Å². The van der Waals surface area contributed by atoms with E-state index < -0.39 is 11.9 Å². The Labute approximate surface area is 120 Å². The maximum absolute atomic E-state index is 9.51. The van der Waals surface area contributed by atoms with E-state index in [0.29, 0.717) is 22.7 Å². The number of hydrogen-bond acceptors (Lipinski definition) is 4. The minimum absolute atomic E-state index is 0.0354. The van der Waals surface area contributed by atoms with Crippen molar-refractivity contribution < 1.29 is 24.0 Å². The average molecular weight is 480 g/mol. The van der Waals surface area contributed by atoms with Crippen LogP contribution >= 0.6 is 40.0 Å². The van der Waals surface area contributed by atoms with Gasteiger partial charge in [-0.15, -0.1) is 0 Å². The number of ether oxygens (including phenoxy) is 2. The summed E-state index contributed by atoms with van der Waals surface area (Å²) in [7, 11) is 2.43. The molecule has 2 N–H and O–H groups in total. The molecule has 0 unspecified atom stereocenters. The molecule has 0 aromatic heterocycles. The first-order valence-electron chi connectivity index (χ1n) is 4.52. The zero-order valence-corrected chi connectivity index (χ0v) is 14.7. The summed E-state index contributed by atoms with van der Waals surface area (Å²) in [6.07, 6.45) is -0.489. The van der Waals surface area contributed by atoms with Crippen LogP contribution in [0.2, 0.25) is 0 Å². The summed E-state index contributed by atoms with van der Waals surface area (Å²) >= 11 is 4.74. The summed E-state index contributed by atoms with van der Waals surface area (Å²) < 4.78 is 10.7. The summed E-state index contributed by atoms with van der Waals surface area (Å²) in [4.78, 5) is 0. The van der Waals surface area contributed by atoms with Crippen LogP contribution in [0.4, 0.5) is 0 Å². The standard InChI is InChI=1S/C8H17NO3.2HI.V/c1-8(2)11-4-6(9-3)7(10)5-12-8;;;/h6-7,9-10H,4-5H2,1-3H3;2*1H;/q;;;+2/p-2/t6-,7-;;;/m0.../s1. The normalized spacial score (nSPS) is 29.7. The fourth-order valence-corrected chi connectivity index (χ4v) is 1.12. The van der Waals surface area contributed by atoms with Crippen LogP contribution in [0.1, 0.15) is 13.8 Å². The fourth-order valence-electron chi connectivity index (χ4n) is 1.12. The topological polar surface area (TPSA) is 50.7 Å². The van der Waals surface area contributed by atoms with Gasteiger partial charge in [0.05, 0.1) is 25.4 Å². The van der Waals surface area contributed by atoms with Crippen molar-refractivity contribution in [3.63, 3.8) is 0 Å². The Hall–Kier alpha value is 1.88. The first kappa shape index (κ1) is 16.9. The van der Waals surface area contributed by atoms with Gasteiger partial charge in [0, 0.05) is 0 Å². The Morgan fingerprint density at radius 2 is 1.80 bits per heavy atom. The van der Waals surface area contributed by atoms with Gasteiger partial charge in [0.1, 0.15) is 0 Å². The summed E-state index contributed by atoms with van der Waals surface area (Å²) in [5.41, 5.74) is 0. The number of rotatable bonds is 1. The van der Waals surface area contributed by atoms with Crippen molar-refractivity contribution in [1.82, 2.24) is 5.32 Å². The van der Waals surface area contributed by atoms with Crippen LogP contribution in [0.3, 0.4) is 0 Å². The van der Waals surface area contributed by atoms with Crippen molar-refractivity contribution in [1.29, 1.82) is 0 Å². The molecule has 0 radical (unpaired) electrons. The van der Waals surface area contributed by atoms with Crippen molar-refractivity contribution in [2.75, 3.05) is 20.3 Å². The molecule has 0 spiro atoms. The van der Waals surface area contributed by atoms with Gasteiger partial charge in [0.15, 0.2) is 5.79 Å². The first-order valence-corrected chi connectivity index (χ1v) is 13.5. The van der Waals surface area contributed by atoms with E-state index in [1.165, 1.54) is 0 Å². The molecule has 1 saturated heterocycles. The third-order valence-electron chi connectivity index (χ3n) is 2.05. The van der Waals surface area contributed by atoms with E-state index in [1.807, 2.05) is 13.8 Å². The molecule has 0 aliphatic carbocycles. The SMILES string of the molecule is CN[C@H]1COC(C)(C)OC[C@@H]1O.[I][V][I]. The number of likely N-dealkylation sites (N-methyl/N-ethyl adjacent to an activating group) is 1. The van der Waals surface area contributed by atoms with Gasteiger partial charge in [-0.2, -0.15) is 0 Å². The first-order chi connectivity index (χ1) is 6.96. The molecule has 4 nitrogen and oxygen atoms in total. The number of nitrogens with one attached hydrogen (secondary N) is 1. The second kappa shape index (κ2) is 8.90. The predicted octanol–water partition coefficient (Wildman–Crippen LogP) is 1.49. The number of halogens is 2. The quantitative estimate of drug-likeness (QED) is 0.560.